The van der Waals surface area contributed by atoms with Crippen LogP contribution in [0.2, 0.25) is 0 Å². The van der Waals surface area contributed by atoms with Gasteiger partial charge in [0.25, 0.3) is 0 Å². The summed E-state index contributed by atoms with van der Waals surface area (Å²) in [6.07, 6.45) is 0.812. The van der Waals surface area contributed by atoms with E-state index in [0.717, 1.165) is 28.0 Å². The van der Waals surface area contributed by atoms with Crippen molar-refractivity contribution in [1.82, 2.24) is 14.9 Å². The van der Waals surface area contributed by atoms with Crippen molar-refractivity contribution in [3.63, 3.8) is 0 Å². The Balaban J connectivity index is 1.71. The van der Waals surface area contributed by atoms with Crippen molar-refractivity contribution >= 4 is 29.5 Å². The van der Waals surface area contributed by atoms with E-state index in [-0.39, 0.29) is 5.37 Å². The van der Waals surface area contributed by atoms with Crippen LogP contribution in [-0.2, 0) is 6.42 Å². The van der Waals surface area contributed by atoms with Gasteiger partial charge in [0, 0.05) is 11.8 Å². The number of benzene rings is 1. The smallest absolute Gasteiger partial charge is 0.335 e. The van der Waals surface area contributed by atoms with E-state index in [9.17, 15) is 4.79 Å². The Hall–Kier alpha value is -1.93. The lowest BCUT2D eigenvalue weighted by molar-refractivity contribution is 0.0697. The molecule has 2 aliphatic rings. The van der Waals surface area contributed by atoms with Gasteiger partial charge in [0.2, 0.25) is 5.16 Å². The van der Waals surface area contributed by atoms with E-state index in [0.29, 0.717) is 5.56 Å². The highest BCUT2D eigenvalue weighted by Crippen LogP contribution is 2.51. The molecule has 2 aromatic rings. The third-order valence-corrected chi connectivity index (χ3v) is 5.78. The number of nitrogens with zero attached hydrogens (tertiary/aromatic N) is 4. The third-order valence-electron chi connectivity index (χ3n) is 3.59. The minimum absolute atomic E-state index is 0.0768. The van der Waals surface area contributed by atoms with Gasteiger partial charge in [0.15, 0.2) is 5.82 Å². The first-order chi connectivity index (χ1) is 10.7. The first kappa shape index (κ1) is 13.7. The molecule has 0 spiro atoms. The van der Waals surface area contributed by atoms with E-state index in [4.69, 9.17) is 5.11 Å². The summed E-state index contributed by atoms with van der Waals surface area (Å²) in [6.45, 7) is 2.06. The molecule has 4 rings (SSSR count). The molecule has 1 atom stereocenters. The molecule has 2 aliphatic heterocycles. The molecule has 0 saturated heterocycles. The highest BCUT2D eigenvalue weighted by molar-refractivity contribution is 8.07. The minimum Gasteiger partial charge on any atom is -0.478 e. The molecular weight excluding hydrogens is 320 g/mol. The van der Waals surface area contributed by atoms with Crippen LogP contribution in [0.5, 0.6) is 0 Å². The van der Waals surface area contributed by atoms with Crippen LogP contribution in [-0.4, -0.2) is 25.9 Å². The predicted octanol–water partition coefficient (Wildman–Crippen LogP) is 2.83. The zero-order valence-corrected chi connectivity index (χ0v) is 13.3. The van der Waals surface area contributed by atoms with E-state index in [1.807, 2.05) is 12.1 Å². The second kappa shape index (κ2) is 5.06. The number of aryl methyl sites for hydroxylation is 1. The number of aromatic nitrogens is 3. The Morgan fingerprint density at radius 2 is 2.09 bits per heavy atom. The van der Waals surface area contributed by atoms with Crippen LogP contribution in [0, 0.1) is 0 Å². The molecule has 22 heavy (non-hydrogen) atoms. The fourth-order valence-corrected chi connectivity index (χ4v) is 4.77. The van der Waals surface area contributed by atoms with Crippen LogP contribution < -0.4 is 5.01 Å². The van der Waals surface area contributed by atoms with E-state index in [2.05, 4.69) is 32.2 Å². The molecule has 0 bridgehead atoms. The maximum Gasteiger partial charge on any atom is 0.335 e. The lowest BCUT2D eigenvalue weighted by atomic mass is 10.1. The van der Waals surface area contributed by atoms with Crippen molar-refractivity contribution in [2.75, 3.05) is 5.01 Å². The summed E-state index contributed by atoms with van der Waals surface area (Å²) in [5, 5.41) is 23.8. The van der Waals surface area contributed by atoms with Crippen molar-refractivity contribution in [1.29, 1.82) is 0 Å². The van der Waals surface area contributed by atoms with Crippen molar-refractivity contribution in [3.8, 4) is 0 Å². The van der Waals surface area contributed by atoms with Gasteiger partial charge < -0.3 is 5.11 Å². The fraction of sp³-hybridized carbons (Fsp3) is 0.214. The molecule has 0 aliphatic carbocycles. The second-order valence-electron chi connectivity index (χ2n) is 4.88. The molecule has 0 amide bonds. The Morgan fingerprint density at radius 1 is 1.32 bits per heavy atom. The number of thioether (sulfide) groups is 2. The van der Waals surface area contributed by atoms with Gasteiger partial charge >= 0.3 is 5.97 Å². The normalized spacial score (nSPS) is 19.0. The number of carbonyl (C=O) groups is 1. The van der Waals surface area contributed by atoms with Crippen LogP contribution >= 0.6 is 23.5 Å². The molecular formula is C14H12N4O2S2. The number of carboxylic acids is 1. The first-order valence-electron chi connectivity index (χ1n) is 6.79. The van der Waals surface area contributed by atoms with Gasteiger partial charge in [-0.1, -0.05) is 30.8 Å². The Kier molecular flexibility index (Phi) is 3.16. The van der Waals surface area contributed by atoms with Crippen molar-refractivity contribution in [2.24, 2.45) is 0 Å². The summed E-state index contributed by atoms with van der Waals surface area (Å²) in [4.78, 5) is 11.0. The molecule has 112 valence electrons. The topological polar surface area (TPSA) is 71.2 Å². The van der Waals surface area contributed by atoms with Crippen LogP contribution in [0.4, 0.5) is 0 Å². The van der Waals surface area contributed by atoms with E-state index >= 15 is 0 Å². The lowest BCUT2D eigenvalue weighted by Crippen LogP contribution is -2.30. The van der Waals surface area contributed by atoms with E-state index in [1.54, 1.807) is 35.7 Å². The summed E-state index contributed by atoms with van der Waals surface area (Å²) >= 11 is 3.32. The molecule has 0 saturated carbocycles. The summed E-state index contributed by atoms with van der Waals surface area (Å²) in [5.41, 5.74) is 1.36. The predicted molar refractivity (Wildman–Crippen MR) is 85.3 cm³/mol. The molecule has 6 nitrogen and oxygen atoms in total. The van der Waals surface area contributed by atoms with Crippen LogP contribution in [0.1, 0.15) is 34.0 Å². The molecule has 1 aromatic heterocycles. The van der Waals surface area contributed by atoms with Crippen molar-refractivity contribution in [3.05, 3.63) is 51.7 Å². The van der Waals surface area contributed by atoms with Gasteiger partial charge in [0.1, 0.15) is 10.4 Å². The van der Waals surface area contributed by atoms with Gasteiger partial charge in [-0.05, 0) is 29.5 Å². The highest BCUT2D eigenvalue weighted by atomic mass is 32.2. The zero-order valence-electron chi connectivity index (χ0n) is 11.6. The van der Waals surface area contributed by atoms with Gasteiger partial charge in [-0.25, -0.2) is 9.47 Å². The average Bonchev–Trinajstić information content (AvgIpc) is 3.17. The van der Waals surface area contributed by atoms with Gasteiger partial charge in [-0.2, -0.15) is 0 Å². The van der Waals surface area contributed by atoms with E-state index in [1.165, 1.54) is 0 Å². The number of rotatable bonds is 3. The molecule has 3 heterocycles. The number of fused-ring (bicyclic) bond motifs is 3. The highest BCUT2D eigenvalue weighted by Gasteiger charge is 2.39. The van der Waals surface area contributed by atoms with Crippen LogP contribution in [0.3, 0.4) is 0 Å². The Bertz CT molecular complexity index is 785. The summed E-state index contributed by atoms with van der Waals surface area (Å²) in [7, 11) is 0. The van der Waals surface area contributed by atoms with Gasteiger partial charge in [0.05, 0.1) is 5.56 Å². The number of carboxylic acid groups (broad SMARTS) is 1. The van der Waals surface area contributed by atoms with Crippen LogP contribution in [0.25, 0.3) is 0 Å². The Morgan fingerprint density at radius 3 is 2.77 bits per heavy atom. The molecule has 1 aromatic carbocycles. The quantitative estimate of drug-likeness (QED) is 0.926. The molecule has 8 heteroatoms. The van der Waals surface area contributed by atoms with Gasteiger partial charge in [-0.3, -0.25) is 5.01 Å². The monoisotopic (exact) mass is 332 g/mol. The fourth-order valence-electron chi connectivity index (χ4n) is 2.52. The van der Waals surface area contributed by atoms with Crippen molar-refractivity contribution in [2.45, 2.75) is 23.9 Å². The maximum atomic E-state index is 11.0. The minimum atomic E-state index is -0.907. The van der Waals surface area contributed by atoms with E-state index < -0.39 is 5.97 Å². The summed E-state index contributed by atoms with van der Waals surface area (Å²) in [6, 6.07) is 7.04. The number of hydrogen-bond acceptors (Lipinski definition) is 6. The Labute approximate surface area is 135 Å². The zero-order chi connectivity index (χ0) is 15.3. The summed E-state index contributed by atoms with van der Waals surface area (Å²) in [5.74, 6) is 0.0242. The van der Waals surface area contributed by atoms with Gasteiger partial charge in [-0.15, -0.1) is 10.2 Å². The standard InChI is InChI=1S/C14H12N4O2S2/c1-2-10-15-16-14-17(10)18-11(22-14)7-21-12(18)8-3-5-9(6-4-8)13(19)20/h3-7,12H,2H2,1H3,(H,19,20). The number of hydrogen-bond donors (Lipinski definition) is 1. The lowest BCUT2D eigenvalue weighted by Gasteiger charge is -2.25. The molecule has 0 radical (unpaired) electrons. The molecule has 1 N–H and O–H groups in total. The van der Waals surface area contributed by atoms with Crippen LogP contribution in [0.15, 0.2) is 39.9 Å². The maximum absolute atomic E-state index is 11.0. The van der Waals surface area contributed by atoms with Crippen molar-refractivity contribution < 1.29 is 9.90 Å². The summed E-state index contributed by atoms with van der Waals surface area (Å²) < 4.78 is 2.06. The average molecular weight is 332 g/mol. The third kappa shape index (κ3) is 1.94. The number of aromatic carboxylic acids is 1. The molecule has 0 fully saturated rings. The largest absolute Gasteiger partial charge is 0.478 e. The SMILES string of the molecule is CCc1nnc2n1N1C(=CSC1c1ccc(C(=O)O)cc1)S2. The first-order valence-corrected chi connectivity index (χ1v) is 8.55. The second-order valence-corrected chi connectivity index (χ2v) is 6.82. The molecule has 1 unspecified atom stereocenters.